The minimum Gasteiger partial charge on any atom is -0.418 e. The lowest BCUT2D eigenvalue weighted by Gasteiger charge is -2.16. The molecule has 1 heterocycles. The Balaban J connectivity index is 2.06. The van der Waals surface area contributed by atoms with E-state index in [-0.39, 0.29) is 22.4 Å². The molecule has 6 nitrogen and oxygen atoms in total. The van der Waals surface area contributed by atoms with Crippen molar-refractivity contribution in [3.8, 4) is 17.5 Å². The molecular formula is C17H11ClFN3O3S. The van der Waals surface area contributed by atoms with E-state index in [2.05, 4.69) is 4.98 Å². The topological polar surface area (TPSA) is 87.2 Å². The molecule has 0 unspecified atom stereocenters. The second-order valence-corrected chi connectivity index (χ2v) is 7.63. The third kappa shape index (κ3) is 3.27. The SMILES string of the molecule is CN(c1oc(-c2ccc(Cl)cc2)nc1C#N)S(=O)(=O)c1cccc(F)c1. The molecule has 0 aliphatic carbocycles. The van der Waals surface area contributed by atoms with Crippen molar-refractivity contribution in [3.63, 3.8) is 0 Å². The monoisotopic (exact) mass is 391 g/mol. The van der Waals surface area contributed by atoms with E-state index in [1.54, 1.807) is 30.3 Å². The average molecular weight is 392 g/mol. The number of benzene rings is 2. The minimum atomic E-state index is -4.14. The van der Waals surface area contributed by atoms with Crippen LogP contribution in [0, 0.1) is 17.1 Å². The Morgan fingerprint density at radius 2 is 1.92 bits per heavy atom. The molecule has 0 radical (unpaired) electrons. The molecule has 0 saturated carbocycles. The zero-order chi connectivity index (χ0) is 18.9. The Hall–Kier alpha value is -2.89. The van der Waals surface area contributed by atoms with Crippen LogP contribution in [0.15, 0.2) is 57.8 Å². The first kappa shape index (κ1) is 17.9. The Labute approximate surface area is 154 Å². The smallest absolute Gasteiger partial charge is 0.266 e. The molecule has 1 aromatic heterocycles. The zero-order valence-electron chi connectivity index (χ0n) is 13.3. The van der Waals surface area contributed by atoms with Gasteiger partial charge in [-0.05, 0) is 42.5 Å². The Morgan fingerprint density at radius 1 is 1.23 bits per heavy atom. The van der Waals surface area contributed by atoms with E-state index in [4.69, 9.17) is 16.0 Å². The second kappa shape index (κ2) is 6.78. The molecule has 26 heavy (non-hydrogen) atoms. The number of aromatic nitrogens is 1. The van der Waals surface area contributed by atoms with Crippen LogP contribution in [0.1, 0.15) is 5.69 Å². The van der Waals surface area contributed by atoms with Crippen LogP contribution >= 0.6 is 11.6 Å². The summed E-state index contributed by atoms with van der Waals surface area (Å²) in [6, 6.07) is 12.8. The fourth-order valence-electron chi connectivity index (χ4n) is 2.21. The molecule has 0 fully saturated rings. The van der Waals surface area contributed by atoms with E-state index >= 15 is 0 Å². The van der Waals surface area contributed by atoms with Crippen molar-refractivity contribution in [1.82, 2.24) is 4.98 Å². The fraction of sp³-hybridized carbons (Fsp3) is 0.0588. The van der Waals surface area contributed by atoms with Gasteiger partial charge in [0, 0.05) is 17.6 Å². The van der Waals surface area contributed by atoms with Crippen molar-refractivity contribution < 1.29 is 17.2 Å². The molecule has 3 rings (SSSR count). The summed E-state index contributed by atoms with van der Waals surface area (Å²) in [5, 5.41) is 9.78. The van der Waals surface area contributed by atoms with Gasteiger partial charge in [-0.25, -0.2) is 17.1 Å². The summed E-state index contributed by atoms with van der Waals surface area (Å²) in [5.74, 6) is -0.893. The Bertz CT molecular complexity index is 1110. The molecule has 2 aromatic carbocycles. The molecule has 9 heteroatoms. The lowest BCUT2D eigenvalue weighted by atomic mass is 10.2. The van der Waals surface area contributed by atoms with Gasteiger partial charge < -0.3 is 4.42 Å². The molecule has 0 saturated heterocycles. The van der Waals surface area contributed by atoms with Gasteiger partial charge in [-0.2, -0.15) is 10.2 Å². The maximum absolute atomic E-state index is 13.4. The van der Waals surface area contributed by atoms with Crippen LogP contribution in [0.25, 0.3) is 11.5 Å². The van der Waals surface area contributed by atoms with Gasteiger partial charge in [0.2, 0.25) is 17.5 Å². The lowest BCUT2D eigenvalue weighted by Crippen LogP contribution is -2.27. The van der Waals surface area contributed by atoms with Crippen molar-refractivity contribution in [2.75, 3.05) is 11.4 Å². The van der Waals surface area contributed by atoms with Gasteiger partial charge in [0.15, 0.2) is 0 Å². The number of rotatable bonds is 4. The van der Waals surface area contributed by atoms with Gasteiger partial charge in [-0.3, -0.25) is 0 Å². The predicted octanol–water partition coefficient (Wildman–Crippen LogP) is 3.83. The molecular weight excluding hydrogens is 381 g/mol. The van der Waals surface area contributed by atoms with Crippen LogP contribution in [0.2, 0.25) is 5.02 Å². The molecule has 0 amide bonds. The summed E-state index contributed by atoms with van der Waals surface area (Å²) in [7, 11) is -2.93. The third-order valence-corrected chi connectivity index (χ3v) is 5.54. The summed E-state index contributed by atoms with van der Waals surface area (Å²) in [4.78, 5) is 3.75. The maximum atomic E-state index is 13.4. The van der Waals surface area contributed by atoms with Gasteiger partial charge >= 0.3 is 0 Å². The molecule has 0 atom stereocenters. The standard InChI is InChI=1S/C17H11ClFN3O3S/c1-22(26(23,24)14-4-2-3-13(19)9-14)17-15(10-20)21-16(25-17)11-5-7-12(18)8-6-11/h2-9H,1H3. The van der Waals surface area contributed by atoms with E-state index < -0.39 is 15.8 Å². The first-order valence-electron chi connectivity index (χ1n) is 7.24. The van der Waals surface area contributed by atoms with Crippen LogP contribution < -0.4 is 4.31 Å². The summed E-state index contributed by atoms with van der Waals surface area (Å²) in [5.41, 5.74) is 0.311. The summed E-state index contributed by atoms with van der Waals surface area (Å²) >= 11 is 5.83. The largest absolute Gasteiger partial charge is 0.418 e. The van der Waals surface area contributed by atoms with E-state index in [1.165, 1.54) is 19.2 Å². The third-order valence-electron chi connectivity index (χ3n) is 3.55. The van der Waals surface area contributed by atoms with E-state index in [0.29, 0.717) is 10.6 Å². The molecule has 0 bridgehead atoms. The maximum Gasteiger partial charge on any atom is 0.266 e. The van der Waals surface area contributed by atoms with Gasteiger partial charge in [0.1, 0.15) is 11.9 Å². The van der Waals surface area contributed by atoms with Crippen LogP contribution in [-0.2, 0) is 10.0 Å². The van der Waals surface area contributed by atoms with Crippen molar-refractivity contribution in [1.29, 1.82) is 5.26 Å². The summed E-state index contributed by atoms with van der Waals surface area (Å²) in [6.07, 6.45) is 0. The minimum absolute atomic E-state index is 0.0644. The second-order valence-electron chi connectivity index (χ2n) is 5.22. The Kier molecular flexibility index (Phi) is 4.68. The lowest BCUT2D eigenvalue weighted by molar-refractivity contribution is 0.561. The quantitative estimate of drug-likeness (QED) is 0.674. The van der Waals surface area contributed by atoms with Gasteiger partial charge in [-0.1, -0.05) is 17.7 Å². The van der Waals surface area contributed by atoms with Crippen molar-refractivity contribution in [3.05, 3.63) is 65.1 Å². The Morgan fingerprint density at radius 3 is 2.54 bits per heavy atom. The first-order chi connectivity index (χ1) is 12.3. The summed E-state index contributed by atoms with van der Waals surface area (Å²) in [6.45, 7) is 0. The highest BCUT2D eigenvalue weighted by Crippen LogP contribution is 2.31. The normalized spacial score (nSPS) is 11.2. The van der Waals surface area contributed by atoms with Crippen molar-refractivity contribution in [2.24, 2.45) is 0 Å². The van der Waals surface area contributed by atoms with Crippen molar-refractivity contribution >= 4 is 27.5 Å². The number of sulfonamides is 1. The molecule has 0 aliphatic rings. The fourth-order valence-corrected chi connectivity index (χ4v) is 3.51. The van der Waals surface area contributed by atoms with E-state index in [1.807, 2.05) is 0 Å². The zero-order valence-corrected chi connectivity index (χ0v) is 14.9. The number of halogens is 2. The molecule has 0 spiro atoms. The highest BCUT2D eigenvalue weighted by molar-refractivity contribution is 7.92. The van der Waals surface area contributed by atoms with Crippen LogP contribution in [0.5, 0.6) is 0 Å². The van der Waals surface area contributed by atoms with E-state index in [0.717, 1.165) is 16.4 Å². The highest BCUT2D eigenvalue weighted by atomic mass is 35.5. The molecule has 0 aliphatic heterocycles. The van der Waals surface area contributed by atoms with Crippen molar-refractivity contribution in [2.45, 2.75) is 4.90 Å². The number of hydrogen-bond acceptors (Lipinski definition) is 5. The van der Waals surface area contributed by atoms with E-state index in [9.17, 15) is 18.1 Å². The molecule has 0 N–H and O–H groups in total. The molecule has 132 valence electrons. The summed E-state index contributed by atoms with van der Waals surface area (Å²) < 4.78 is 45.0. The first-order valence-corrected chi connectivity index (χ1v) is 9.06. The number of oxazole rings is 1. The number of nitriles is 1. The van der Waals surface area contributed by atoms with Crippen LogP contribution in [0.3, 0.4) is 0 Å². The number of anilines is 1. The number of nitrogens with zero attached hydrogens (tertiary/aromatic N) is 3. The predicted molar refractivity (Wildman–Crippen MR) is 93.7 cm³/mol. The van der Waals surface area contributed by atoms with Gasteiger partial charge in [0.05, 0.1) is 4.90 Å². The van der Waals surface area contributed by atoms with Gasteiger partial charge in [0.25, 0.3) is 10.0 Å². The van der Waals surface area contributed by atoms with Gasteiger partial charge in [-0.15, -0.1) is 0 Å². The number of hydrogen-bond donors (Lipinski definition) is 0. The molecule has 3 aromatic rings. The average Bonchev–Trinajstić information content (AvgIpc) is 3.05. The highest BCUT2D eigenvalue weighted by Gasteiger charge is 2.28. The van der Waals surface area contributed by atoms with Crippen LogP contribution in [0.4, 0.5) is 10.3 Å². The van der Waals surface area contributed by atoms with Crippen LogP contribution in [-0.4, -0.2) is 20.4 Å².